The van der Waals surface area contributed by atoms with Crippen LogP contribution in [-0.4, -0.2) is 34.5 Å². The molecule has 35 heavy (non-hydrogen) atoms. The first-order chi connectivity index (χ1) is 16.6. The SMILES string of the molecule is C[C@@H](Cc1ncnc2c1cc([C@@H]1C[C@@H]3CS(=O)(=O)C[C@@H]3C1)c(=O)n2C)c1cccc(C(F)F)c1F. The zero-order valence-electron chi connectivity index (χ0n) is 19.4. The summed E-state index contributed by atoms with van der Waals surface area (Å²) in [5.41, 5.74) is 1.05. The first kappa shape index (κ1) is 24.0. The molecular weight excluding hydrogens is 479 g/mol. The smallest absolute Gasteiger partial charge is 0.266 e. The van der Waals surface area contributed by atoms with Gasteiger partial charge in [0, 0.05) is 18.0 Å². The van der Waals surface area contributed by atoms with Gasteiger partial charge in [-0.1, -0.05) is 25.1 Å². The molecule has 1 saturated carbocycles. The fraction of sp³-hybridized carbons (Fsp3) is 0.480. The second kappa shape index (κ2) is 8.72. The zero-order valence-corrected chi connectivity index (χ0v) is 20.2. The summed E-state index contributed by atoms with van der Waals surface area (Å²) in [5, 5.41) is 0.659. The molecule has 3 heterocycles. The van der Waals surface area contributed by atoms with Crippen LogP contribution in [-0.2, 0) is 23.3 Å². The van der Waals surface area contributed by atoms with Crippen molar-refractivity contribution in [1.82, 2.24) is 14.5 Å². The van der Waals surface area contributed by atoms with Crippen LogP contribution < -0.4 is 5.56 Å². The molecule has 4 atom stereocenters. The topological polar surface area (TPSA) is 81.9 Å². The summed E-state index contributed by atoms with van der Waals surface area (Å²) in [4.78, 5) is 21.9. The fourth-order valence-corrected chi connectivity index (χ4v) is 8.17. The molecule has 10 heteroatoms. The molecule has 1 aliphatic carbocycles. The fourth-order valence-electron chi connectivity index (χ4n) is 5.91. The predicted molar refractivity (Wildman–Crippen MR) is 126 cm³/mol. The van der Waals surface area contributed by atoms with Gasteiger partial charge in [-0.05, 0) is 54.6 Å². The van der Waals surface area contributed by atoms with Crippen LogP contribution in [0.25, 0.3) is 11.0 Å². The Morgan fingerprint density at radius 2 is 1.77 bits per heavy atom. The molecular formula is C25H26F3N3O3S. The van der Waals surface area contributed by atoms with E-state index in [-0.39, 0.29) is 46.8 Å². The van der Waals surface area contributed by atoms with E-state index in [1.165, 1.54) is 23.0 Å². The van der Waals surface area contributed by atoms with Crippen molar-refractivity contribution in [2.45, 2.75) is 44.4 Å². The van der Waals surface area contributed by atoms with Gasteiger partial charge in [0.2, 0.25) is 0 Å². The van der Waals surface area contributed by atoms with E-state index in [2.05, 4.69) is 9.97 Å². The van der Waals surface area contributed by atoms with E-state index in [0.29, 0.717) is 35.1 Å². The number of pyridine rings is 1. The molecule has 2 aromatic heterocycles. The number of benzene rings is 1. The molecule has 186 valence electrons. The average molecular weight is 506 g/mol. The third-order valence-electron chi connectivity index (χ3n) is 7.66. The maximum absolute atomic E-state index is 14.7. The van der Waals surface area contributed by atoms with Crippen LogP contribution in [0.1, 0.15) is 60.4 Å². The predicted octanol–water partition coefficient (Wildman–Crippen LogP) is 4.29. The van der Waals surface area contributed by atoms with E-state index in [0.717, 1.165) is 6.07 Å². The molecule has 0 spiro atoms. The first-order valence-corrected chi connectivity index (χ1v) is 13.5. The van der Waals surface area contributed by atoms with Crippen LogP contribution >= 0.6 is 0 Å². The van der Waals surface area contributed by atoms with Gasteiger partial charge in [0.15, 0.2) is 9.84 Å². The van der Waals surface area contributed by atoms with Gasteiger partial charge in [0.25, 0.3) is 12.0 Å². The van der Waals surface area contributed by atoms with Crippen molar-refractivity contribution in [3.05, 3.63) is 69.1 Å². The summed E-state index contributed by atoms with van der Waals surface area (Å²) in [7, 11) is -1.36. The highest BCUT2D eigenvalue weighted by Crippen LogP contribution is 2.46. The molecule has 1 aliphatic heterocycles. The molecule has 1 aromatic carbocycles. The summed E-state index contributed by atoms with van der Waals surface area (Å²) in [6.45, 7) is 1.75. The summed E-state index contributed by atoms with van der Waals surface area (Å²) < 4.78 is 66.5. The van der Waals surface area contributed by atoms with Crippen molar-refractivity contribution >= 4 is 20.9 Å². The Kier molecular flexibility index (Phi) is 5.97. The number of sulfone groups is 1. The highest BCUT2D eigenvalue weighted by Gasteiger charge is 2.45. The van der Waals surface area contributed by atoms with Crippen LogP contribution in [0.2, 0.25) is 0 Å². The molecule has 3 aromatic rings. The third-order valence-corrected chi connectivity index (χ3v) is 9.53. The lowest BCUT2D eigenvalue weighted by molar-refractivity contribution is 0.146. The minimum Gasteiger partial charge on any atom is -0.295 e. The molecule has 6 nitrogen and oxygen atoms in total. The number of nitrogens with zero attached hydrogens (tertiary/aromatic N) is 3. The lowest BCUT2D eigenvalue weighted by Crippen LogP contribution is -2.24. The normalized spacial score (nSPS) is 24.2. The highest BCUT2D eigenvalue weighted by molar-refractivity contribution is 7.91. The average Bonchev–Trinajstić information content (AvgIpc) is 3.29. The van der Waals surface area contributed by atoms with Crippen molar-refractivity contribution in [3.8, 4) is 0 Å². The van der Waals surface area contributed by atoms with Crippen molar-refractivity contribution in [2.24, 2.45) is 18.9 Å². The highest BCUT2D eigenvalue weighted by atomic mass is 32.2. The van der Waals surface area contributed by atoms with Gasteiger partial charge in [-0.3, -0.25) is 9.36 Å². The maximum atomic E-state index is 14.7. The molecule has 0 bridgehead atoms. The maximum Gasteiger partial charge on any atom is 0.266 e. The van der Waals surface area contributed by atoms with Gasteiger partial charge in [-0.2, -0.15) is 0 Å². The minimum absolute atomic E-state index is 0.0470. The molecule has 5 rings (SSSR count). The van der Waals surface area contributed by atoms with Crippen LogP contribution in [0.3, 0.4) is 0 Å². The largest absolute Gasteiger partial charge is 0.295 e. The van der Waals surface area contributed by atoms with Gasteiger partial charge in [-0.25, -0.2) is 31.6 Å². The molecule has 0 N–H and O–H groups in total. The quantitative estimate of drug-likeness (QED) is 0.517. The number of fused-ring (bicyclic) bond motifs is 2. The van der Waals surface area contributed by atoms with Crippen LogP contribution in [0.5, 0.6) is 0 Å². The van der Waals surface area contributed by atoms with E-state index in [9.17, 15) is 26.4 Å². The number of hydrogen-bond acceptors (Lipinski definition) is 5. The van der Waals surface area contributed by atoms with E-state index in [4.69, 9.17) is 0 Å². The van der Waals surface area contributed by atoms with Gasteiger partial charge in [0.1, 0.15) is 17.8 Å². The third kappa shape index (κ3) is 4.26. The summed E-state index contributed by atoms with van der Waals surface area (Å²) in [5.74, 6) is -0.898. The number of hydrogen-bond donors (Lipinski definition) is 0. The van der Waals surface area contributed by atoms with Crippen molar-refractivity contribution in [1.29, 1.82) is 0 Å². The second-order valence-corrected chi connectivity index (χ2v) is 12.1. The number of halogens is 3. The van der Waals surface area contributed by atoms with E-state index in [1.807, 2.05) is 0 Å². The second-order valence-electron chi connectivity index (χ2n) is 9.94. The lowest BCUT2D eigenvalue weighted by Gasteiger charge is -2.18. The van der Waals surface area contributed by atoms with Crippen LogP contribution in [0.15, 0.2) is 35.4 Å². The van der Waals surface area contributed by atoms with Crippen molar-refractivity contribution in [3.63, 3.8) is 0 Å². The van der Waals surface area contributed by atoms with Gasteiger partial charge >= 0.3 is 0 Å². The summed E-state index contributed by atoms with van der Waals surface area (Å²) in [6, 6.07) is 5.81. The number of aryl methyl sites for hydroxylation is 1. The van der Waals surface area contributed by atoms with E-state index < -0.39 is 33.6 Å². The number of aromatic nitrogens is 3. The Hall–Kier alpha value is -2.75. The lowest BCUT2D eigenvalue weighted by atomic mass is 9.92. The van der Waals surface area contributed by atoms with Crippen LogP contribution in [0, 0.1) is 17.7 Å². The summed E-state index contributed by atoms with van der Waals surface area (Å²) in [6.07, 6.45) is 0.0140. The molecule has 0 radical (unpaired) electrons. The Balaban J connectivity index is 1.51. The number of rotatable bonds is 5. The number of alkyl halides is 2. The standard InChI is InChI=1S/C25H26F3N3O3S/c1-13(17-4-3-5-18(22(17)26)23(27)28)6-21-20-9-19(25(32)31(2)24(20)30-12-29-21)14-7-15-10-35(33,34)11-16(15)8-14/h3-5,9,12-16,23H,6-8,10-11H2,1-2H3/t13-,14-,15-,16+/m0/s1. The Morgan fingerprint density at radius 1 is 1.11 bits per heavy atom. The molecule has 2 aliphatic rings. The van der Waals surface area contributed by atoms with Gasteiger partial charge < -0.3 is 0 Å². The van der Waals surface area contributed by atoms with E-state index in [1.54, 1.807) is 20.0 Å². The zero-order chi connectivity index (χ0) is 25.1. The van der Waals surface area contributed by atoms with E-state index >= 15 is 0 Å². The summed E-state index contributed by atoms with van der Waals surface area (Å²) >= 11 is 0. The molecule has 1 saturated heterocycles. The van der Waals surface area contributed by atoms with Crippen molar-refractivity contribution in [2.75, 3.05) is 11.5 Å². The Labute approximate surface area is 201 Å². The Bertz CT molecular complexity index is 1450. The molecule has 0 amide bonds. The van der Waals surface area contributed by atoms with Crippen LogP contribution in [0.4, 0.5) is 13.2 Å². The molecule has 2 fully saturated rings. The monoisotopic (exact) mass is 505 g/mol. The first-order valence-electron chi connectivity index (χ1n) is 11.7. The van der Waals surface area contributed by atoms with Gasteiger partial charge in [-0.15, -0.1) is 0 Å². The van der Waals surface area contributed by atoms with Gasteiger partial charge in [0.05, 0.1) is 22.8 Å². The molecule has 0 unspecified atom stereocenters. The minimum atomic E-state index is -3.00. The van der Waals surface area contributed by atoms with Crippen molar-refractivity contribution < 1.29 is 21.6 Å². The Morgan fingerprint density at radius 3 is 2.43 bits per heavy atom.